The van der Waals surface area contributed by atoms with Gasteiger partial charge in [-0.2, -0.15) is 0 Å². The number of amides is 1. The molecule has 0 spiro atoms. The van der Waals surface area contributed by atoms with Crippen LogP contribution in [0.15, 0.2) is 47.3 Å². The molecule has 0 unspecified atom stereocenters. The van der Waals surface area contributed by atoms with E-state index in [0.717, 1.165) is 32.1 Å². The molecular weight excluding hydrogens is 426 g/mol. The molecule has 1 N–H and O–H groups in total. The van der Waals surface area contributed by atoms with Gasteiger partial charge in [0.15, 0.2) is 0 Å². The van der Waals surface area contributed by atoms with Crippen molar-refractivity contribution in [3.8, 4) is 5.75 Å². The Morgan fingerprint density at radius 2 is 1.87 bits per heavy atom. The van der Waals surface area contributed by atoms with Crippen molar-refractivity contribution in [2.75, 3.05) is 22.4 Å². The maximum absolute atomic E-state index is 12.6. The van der Waals surface area contributed by atoms with Crippen molar-refractivity contribution in [3.05, 3.63) is 52.1 Å². The zero-order chi connectivity index (χ0) is 22.1. The van der Waals surface area contributed by atoms with Gasteiger partial charge in [0, 0.05) is 12.7 Å². The van der Waals surface area contributed by atoms with Gasteiger partial charge in [-0.25, -0.2) is 8.42 Å². The van der Waals surface area contributed by atoms with Crippen molar-refractivity contribution in [1.29, 1.82) is 0 Å². The van der Waals surface area contributed by atoms with Crippen molar-refractivity contribution >= 4 is 48.9 Å². The van der Waals surface area contributed by atoms with Crippen LogP contribution in [0.5, 0.6) is 5.75 Å². The number of carbonyl (C=O) groups excluding carboxylic acids is 1. The normalized spacial score (nSPS) is 11.6. The summed E-state index contributed by atoms with van der Waals surface area (Å²) < 4.78 is 33.4. The molecule has 0 bridgehead atoms. The van der Waals surface area contributed by atoms with E-state index in [9.17, 15) is 18.0 Å². The molecule has 0 fully saturated rings. The summed E-state index contributed by atoms with van der Waals surface area (Å²) in [6, 6.07) is 11.6. The number of carbonyl (C=O) groups is 1. The molecule has 1 amide bonds. The van der Waals surface area contributed by atoms with Gasteiger partial charge in [-0.05, 0) is 56.3 Å². The van der Waals surface area contributed by atoms with E-state index >= 15 is 0 Å². The molecule has 0 aliphatic heterocycles. The van der Waals surface area contributed by atoms with Crippen LogP contribution in [0.1, 0.15) is 13.8 Å². The second-order valence-corrected chi connectivity index (χ2v) is 9.99. The highest BCUT2D eigenvalue weighted by Gasteiger charge is 2.21. The summed E-state index contributed by atoms with van der Waals surface area (Å²) in [4.78, 5) is 24.2. The van der Waals surface area contributed by atoms with Gasteiger partial charge in [-0.3, -0.25) is 13.9 Å². The van der Waals surface area contributed by atoms with Gasteiger partial charge >= 0.3 is 4.87 Å². The number of hydrogen-bond donors (Lipinski definition) is 1. The van der Waals surface area contributed by atoms with Crippen LogP contribution in [-0.2, 0) is 21.9 Å². The minimum absolute atomic E-state index is 0.00629. The third-order valence-electron chi connectivity index (χ3n) is 4.26. The summed E-state index contributed by atoms with van der Waals surface area (Å²) in [5.41, 5.74) is 1.62. The molecule has 2 aromatic carbocycles. The number of aromatic nitrogens is 1. The van der Waals surface area contributed by atoms with Gasteiger partial charge in [0.05, 0.1) is 28.3 Å². The first-order chi connectivity index (χ1) is 14.0. The SMILES string of the molecule is CC(C)Oc1ccc(N(CC(=O)Nc2ccc3c(c2)sc(=O)n3C)S(C)(=O)=O)cc1. The molecule has 3 aromatic rings. The number of benzene rings is 2. The fraction of sp³-hybridized carbons (Fsp3) is 0.300. The van der Waals surface area contributed by atoms with Crippen molar-refractivity contribution in [1.82, 2.24) is 4.57 Å². The first-order valence-corrected chi connectivity index (χ1v) is 11.8. The molecule has 0 saturated carbocycles. The molecule has 30 heavy (non-hydrogen) atoms. The van der Waals surface area contributed by atoms with Crippen LogP contribution in [0, 0.1) is 0 Å². The Hall–Kier alpha value is -2.85. The zero-order valence-corrected chi connectivity index (χ0v) is 18.7. The summed E-state index contributed by atoms with van der Waals surface area (Å²) in [6.07, 6.45) is 1.04. The van der Waals surface area contributed by atoms with Crippen LogP contribution >= 0.6 is 11.3 Å². The standard InChI is InChI=1S/C20H23N3O5S2/c1-13(2)28-16-8-6-15(7-9-16)23(30(4,26)27)12-19(24)21-14-5-10-17-18(11-14)29-20(25)22(17)3/h5-11,13H,12H2,1-4H3,(H,21,24). The summed E-state index contributed by atoms with van der Waals surface area (Å²) in [6.45, 7) is 3.41. The number of hydrogen-bond acceptors (Lipinski definition) is 6. The third kappa shape index (κ3) is 5.00. The lowest BCUT2D eigenvalue weighted by atomic mass is 10.3. The lowest BCUT2D eigenvalue weighted by Crippen LogP contribution is -2.37. The number of nitrogens with one attached hydrogen (secondary N) is 1. The summed E-state index contributed by atoms with van der Waals surface area (Å²) in [5, 5.41) is 2.70. The molecule has 0 atom stereocenters. The van der Waals surface area contributed by atoms with Crippen molar-refractivity contribution in [2.45, 2.75) is 20.0 Å². The van der Waals surface area contributed by atoms with Crippen LogP contribution in [0.25, 0.3) is 10.2 Å². The maximum atomic E-state index is 12.6. The Kier molecular flexibility index (Phi) is 6.18. The predicted molar refractivity (Wildman–Crippen MR) is 120 cm³/mol. The van der Waals surface area contributed by atoms with Crippen molar-refractivity contribution < 1.29 is 17.9 Å². The first-order valence-electron chi connectivity index (χ1n) is 9.18. The van der Waals surface area contributed by atoms with Crippen LogP contribution in [0.3, 0.4) is 0 Å². The first kappa shape index (κ1) is 21.8. The van der Waals surface area contributed by atoms with Gasteiger partial charge in [0.25, 0.3) is 0 Å². The van der Waals surface area contributed by atoms with E-state index in [1.165, 1.54) is 4.57 Å². The molecule has 0 aliphatic rings. The average Bonchev–Trinajstić information content (AvgIpc) is 2.93. The fourth-order valence-electron chi connectivity index (χ4n) is 2.91. The molecule has 10 heteroatoms. The van der Waals surface area contributed by atoms with E-state index in [1.54, 1.807) is 49.5 Å². The van der Waals surface area contributed by atoms with Gasteiger partial charge in [0.2, 0.25) is 15.9 Å². The highest BCUT2D eigenvalue weighted by Crippen LogP contribution is 2.24. The molecule has 8 nitrogen and oxygen atoms in total. The molecule has 1 heterocycles. The maximum Gasteiger partial charge on any atom is 0.307 e. The minimum atomic E-state index is -3.69. The second kappa shape index (κ2) is 8.49. The molecule has 3 rings (SSSR count). The number of sulfonamides is 1. The Bertz CT molecular complexity index is 1230. The van der Waals surface area contributed by atoms with E-state index in [2.05, 4.69) is 5.32 Å². The molecule has 160 valence electrons. The largest absolute Gasteiger partial charge is 0.491 e. The highest BCUT2D eigenvalue weighted by molar-refractivity contribution is 7.92. The fourth-order valence-corrected chi connectivity index (χ4v) is 4.68. The van der Waals surface area contributed by atoms with Crippen molar-refractivity contribution in [2.24, 2.45) is 7.05 Å². The summed E-state index contributed by atoms with van der Waals surface area (Å²) in [7, 11) is -2.01. The number of nitrogens with zero attached hydrogens (tertiary/aromatic N) is 2. The summed E-state index contributed by atoms with van der Waals surface area (Å²) in [5.74, 6) is 0.118. The average molecular weight is 450 g/mol. The zero-order valence-electron chi connectivity index (χ0n) is 17.1. The molecule has 1 aromatic heterocycles. The quantitative estimate of drug-likeness (QED) is 0.598. The number of thiazole rings is 1. The van der Waals surface area contributed by atoms with Gasteiger partial charge in [-0.1, -0.05) is 11.3 Å². The van der Waals surface area contributed by atoms with E-state index in [-0.39, 0.29) is 17.5 Å². The second-order valence-electron chi connectivity index (χ2n) is 7.09. The van der Waals surface area contributed by atoms with Crippen LogP contribution in [0.4, 0.5) is 11.4 Å². The van der Waals surface area contributed by atoms with E-state index in [4.69, 9.17) is 4.74 Å². The highest BCUT2D eigenvalue weighted by atomic mass is 32.2. The number of aryl methyl sites for hydroxylation is 1. The van der Waals surface area contributed by atoms with Crippen LogP contribution in [-0.4, -0.2) is 37.8 Å². The summed E-state index contributed by atoms with van der Waals surface area (Å²) >= 11 is 1.08. The molecule has 0 saturated heterocycles. The van der Waals surface area contributed by atoms with E-state index in [1.807, 2.05) is 13.8 Å². The lowest BCUT2D eigenvalue weighted by Gasteiger charge is -2.22. The lowest BCUT2D eigenvalue weighted by molar-refractivity contribution is -0.114. The third-order valence-corrected chi connectivity index (χ3v) is 6.40. The number of ether oxygens (including phenoxy) is 1. The van der Waals surface area contributed by atoms with Gasteiger partial charge < -0.3 is 14.6 Å². The molecular formula is C20H23N3O5S2. The number of anilines is 2. The topological polar surface area (TPSA) is 97.7 Å². The molecule has 0 radical (unpaired) electrons. The van der Waals surface area contributed by atoms with Gasteiger partial charge in [0.1, 0.15) is 12.3 Å². The number of rotatable bonds is 7. The Balaban J connectivity index is 1.78. The smallest absolute Gasteiger partial charge is 0.307 e. The Morgan fingerprint density at radius 1 is 1.20 bits per heavy atom. The van der Waals surface area contributed by atoms with E-state index < -0.39 is 15.9 Å². The van der Waals surface area contributed by atoms with Crippen LogP contribution in [0.2, 0.25) is 0 Å². The van der Waals surface area contributed by atoms with Gasteiger partial charge in [-0.15, -0.1) is 0 Å². The monoisotopic (exact) mass is 449 g/mol. The predicted octanol–water partition coefficient (Wildman–Crippen LogP) is 2.79. The van der Waals surface area contributed by atoms with Crippen LogP contribution < -0.4 is 19.2 Å². The Morgan fingerprint density at radius 3 is 2.47 bits per heavy atom. The van der Waals surface area contributed by atoms with Crippen molar-refractivity contribution in [3.63, 3.8) is 0 Å². The Labute approximate surface area is 178 Å². The number of fused-ring (bicyclic) bond motifs is 1. The van der Waals surface area contributed by atoms with E-state index in [0.29, 0.717) is 17.1 Å². The minimum Gasteiger partial charge on any atom is -0.491 e. The molecule has 0 aliphatic carbocycles.